The van der Waals surface area contributed by atoms with Gasteiger partial charge >= 0.3 is 11.9 Å². The summed E-state index contributed by atoms with van der Waals surface area (Å²) in [5.74, 6) is -0.496. The lowest BCUT2D eigenvalue weighted by atomic mass is 10.0. The minimum absolute atomic E-state index is 0.351. The Kier molecular flexibility index (Phi) is 6.32. The number of allylic oxidation sites excluding steroid dienone is 2. The van der Waals surface area contributed by atoms with Gasteiger partial charge in [-0.05, 0) is 51.0 Å². The van der Waals surface area contributed by atoms with Crippen LogP contribution in [0.15, 0.2) is 60.0 Å². The van der Waals surface area contributed by atoms with Gasteiger partial charge in [-0.1, -0.05) is 35.4 Å². The van der Waals surface area contributed by atoms with E-state index in [1.54, 1.807) is 36.4 Å². The molecular formula is C22H22O6. The Morgan fingerprint density at radius 3 is 1.54 bits per heavy atom. The van der Waals surface area contributed by atoms with Gasteiger partial charge in [-0.15, -0.1) is 0 Å². The number of carbonyl (C=O) groups is 2. The van der Waals surface area contributed by atoms with Crippen molar-refractivity contribution in [3.63, 3.8) is 0 Å². The molecule has 0 saturated carbocycles. The molecule has 0 radical (unpaired) electrons. The fraction of sp³-hybridized carbons (Fsp3) is 0.273. The molecule has 2 aromatic rings. The maximum Gasteiger partial charge on any atom is 0.386 e. The van der Waals surface area contributed by atoms with E-state index in [1.807, 2.05) is 26.0 Å². The van der Waals surface area contributed by atoms with Gasteiger partial charge in [-0.25, -0.2) is 19.4 Å². The molecule has 0 spiro atoms. The summed E-state index contributed by atoms with van der Waals surface area (Å²) in [6.07, 6.45) is 2.77. The van der Waals surface area contributed by atoms with Crippen molar-refractivity contribution in [1.29, 1.82) is 0 Å². The minimum atomic E-state index is -0.599. The standard InChI is InChI=1S/C22H22O6/c1-15-7-5-9-17(13-15)21(23)27-25-19-11-3-4-12-20(19)26-28-22(24)18-10-6-8-16(2)14-18/h5-10,13-14H,3-4,11-12H2,1-2H3. The Hall–Kier alpha value is -3.28. The monoisotopic (exact) mass is 382 g/mol. The zero-order valence-electron chi connectivity index (χ0n) is 15.9. The first-order chi connectivity index (χ1) is 13.5. The molecule has 6 heteroatoms. The fourth-order valence-electron chi connectivity index (χ4n) is 2.84. The van der Waals surface area contributed by atoms with E-state index in [0.29, 0.717) is 35.5 Å². The van der Waals surface area contributed by atoms with Gasteiger partial charge in [-0.3, -0.25) is 9.78 Å². The minimum Gasteiger partial charge on any atom is -0.287 e. The zero-order valence-corrected chi connectivity index (χ0v) is 15.9. The van der Waals surface area contributed by atoms with Crippen LogP contribution in [0.3, 0.4) is 0 Å². The first kappa shape index (κ1) is 19.5. The average Bonchev–Trinajstić information content (AvgIpc) is 2.70. The highest BCUT2D eigenvalue weighted by Crippen LogP contribution is 2.27. The number of aryl methyl sites for hydroxylation is 2. The molecule has 1 aliphatic carbocycles. The van der Waals surface area contributed by atoms with Crippen LogP contribution in [0.25, 0.3) is 0 Å². The van der Waals surface area contributed by atoms with Crippen LogP contribution < -0.4 is 0 Å². The molecule has 0 fully saturated rings. The Labute approximate surface area is 163 Å². The molecule has 146 valence electrons. The molecule has 0 aromatic heterocycles. The lowest BCUT2D eigenvalue weighted by molar-refractivity contribution is -0.239. The lowest BCUT2D eigenvalue weighted by Crippen LogP contribution is -2.13. The van der Waals surface area contributed by atoms with Crippen molar-refractivity contribution in [2.24, 2.45) is 0 Å². The van der Waals surface area contributed by atoms with Gasteiger partial charge in [0.2, 0.25) is 0 Å². The molecule has 0 heterocycles. The molecular weight excluding hydrogens is 360 g/mol. The van der Waals surface area contributed by atoms with Crippen LogP contribution in [0.2, 0.25) is 0 Å². The average molecular weight is 382 g/mol. The third-order valence-electron chi connectivity index (χ3n) is 4.31. The molecule has 6 nitrogen and oxygen atoms in total. The second-order valence-corrected chi connectivity index (χ2v) is 6.70. The highest BCUT2D eigenvalue weighted by atomic mass is 17.2. The number of carbonyl (C=O) groups excluding carboxylic acids is 2. The second-order valence-electron chi connectivity index (χ2n) is 6.70. The van der Waals surface area contributed by atoms with Crippen LogP contribution in [0.4, 0.5) is 0 Å². The Bertz CT molecular complexity index is 826. The summed E-state index contributed by atoms with van der Waals surface area (Å²) in [4.78, 5) is 44.6. The predicted octanol–water partition coefficient (Wildman–Crippen LogP) is 4.97. The second kappa shape index (κ2) is 9.08. The summed E-state index contributed by atoms with van der Waals surface area (Å²) in [5.41, 5.74) is 2.67. The Morgan fingerprint density at radius 2 is 1.14 bits per heavy atom. The van der Waals surface area contributed by atoms with Crippen LogP contribution in [-0.4, -0.2) is 11.9 Å². The van der Waals surface area contributed by atoms with Gasteiger partial charge in [0.05, 0.1) is 11.1 Å². The fourth-order valence-corrected chi connectivity index (χ4v) is 2.84. The summed E-state index contributed by atoms with van der Waals surface area (Å²) >= 11 is 0. The molecule has 0 amide bonds. The summed E-state index contributed by atoms with van der Waals surface area (Å²) in [7, 11) is 0. The Morgan fingerprint density at radius 1 is 0.714 bits per heavy atom. The third-order valence-corrected chi connectivity index (χ3v) is 4.31. The summed E-state index contributed by atoms with van der Waals surface area (Å²) in [6.45, 7) is 3.77. The topological polar surface area (TPSA) is 71.1 Å². The van der Waals surface area contributed by atoms with Gasteiger partial charge in [0, 0.05) is 12.8 Å². The third kappa shape index (κ3) is 5.13. The largest absolute Gasteiger partial charge is 0.386 e. The van der Waals surface area contributed by atoms with E-state index in [-0.39, 0.29) is 0 Å². The lowest BCUT2D eigenvalue weighted by Gasteiger charge is -2.17. The molecule has 1 aliphatic rings. The summed E-state index contributed by atoms with van der Waals surface area (Å²) < 4.78 is 0. The quantitative estimate of drug-likeness (QED) is 0.519. The van der Waals surface area contributed by atoms with Gasteiger partial charge in [-0.2, -0.15) is 0 Å². The number of hydrogen-bond donors (Lipinski definition) is 0. The Balaban J connectivity index is 1.61. The molecule has 28 heavy (non-hydrogen) atoms. The molecule has 0 aliphatic heterocycles. The van der Waals surface area contributed by atoms with E-state index in [4.69, 9.17) is 19.6 Å². The van der Waals surface area contributed by atoms with Crippen molar-refractivity contribution >= 4 is 11.9 Å². The first-order valence-corrected chi connectivity index (χ1v) is 9.16. The molecule has 0 bridgehead atoms. The van der Waals surface area contributed by atoms with Crippen molar-refractivity contribution in [2.75, 3.05) is 0 Å². The van der Waals surface area contributed by atoms with E-state index in [0.717, 1.165) is 24.0 Å². The number of rotatable bonds is 6. The summed E-state index contributed by atoms with van der Waals surface area (Å²) in [5, 5.41) is 0. The van der Waals surface area contributed by atoms with Crippen LogP contribution in [0, 0.1) is 13.8 Å². The first-order valence-electron chi connectivity index (χ1n) is 9.16. The predicted molar refractivity (Wildman–Crippen MR) is 101 cm³/mol. The normalized spacial score (nSPS) is 13.6. The molecule has 2 aromatic carbocycles. The van der Waals surface area contributed by atoms with Crippen LogP contribution in [-0.2, 0) is 19.6 Å². The van der Waals surface area contributed by atoms with Gasteiger partial charge in [0.15, 0.2) is 11.5 Å². The molecule has 0 atom stereocenters. The molecule has 0 N–H and O–H groups in total. The zero-order chi connectivity index (χ0) is 19.9. The number of hydrogen-bond acceptors (Lipinski definition) is 6. The highest BCUT2D eigenvalue weighted by Gasteiger charge is 2.22. The van der Waals surface area contributed by atoms with Crippen molar-refractivity contribution in [1.82, 2.24) is 0 Å². The van der Waals surface area contributed by atoms with E-state index < -0.39 is 11.9 Å². The number of benzene rings is 2. The van der Waals surface area contributed by atoms with Gasteiger partial charge in [0.1, 0.15) is 0 Å². The SMILES string of the molecule is Cc1cccc(C(=O)OOC2=C(OOC(=O)c3cccc(C)c3)CCCC2)c1. The van der Waals surface area contributed by atoms with Gasteiger partial charge in [0.25, 0.3) is 0 Å². The maximum absolute atomic E-state index is 12.1. The van der Waals surface area contributed by atoms with Crippen molar-refractivity contribution in [2.45, 2.75) is 39.5 Å². The van der Waals surface area contributed by atoms with Gasteiger partial charge < -0.3 is 0 Å². The maximum atomic E-state index is 12.1. The van der Waals surface area contributed by atoms with Crippen LogP contribution in [0.5, 0.6) is 0 Å². The van der Waals surface area contributed by atoms with Crippen molar-refractivity contribution in [3.8, 4) is 0 Å². The molecule has 0 unspecified atom stereocenters. The highest BCUT2D eigenvalue weighted by molar-refractivity contribution is 5.89. The molecule has 3 rings (SSSR count). The van der Waals surface area contributed by atoms with Crippen LogP contribution in [0.1, 0.15) is 57.5 Å². The summed E-state index contributed by atoms with van der Waals surface area (Å²) in [6, 6.07) is 14.0. The van der Waals surface area contributed by atoms with Crippen LogP contribution >= 0.6 is 0 Å². The van der Waals surface area contributed by atoms with Crippen molar-refractivity contribution in [3.05, 3.63) is 82.3 Å². The van der Waals surface area contributed by atoms with E-state index in [2.05, 4.69) is 0 Å². The van der Waals surface area contributed by atoms with E-state index in [1.165, 1.54) is 0 Å². The molecule has 0 saturated heterocycles. The van der Waals surface area contributed by atoms with E-state index >= 15 is 0 Å². The van der Waals surface area contributed by atoms with Crippen molar-refractivity contribution < 1.29 is 29.1 Å². The smallest absolute Gasteiger partial charge is 0.287 e. The van der Waals surface area contributed by atoms with E-state index in [9.17, 15) is 9.59 Å².